The summed E-state index contributed by atoms with van der Waals surface area (Å²) in [5, 5.41) is 9.23. The molecule has 208 valence electrons. The predicted octanol–water partition coefficient (Wildman–Crippen LogP) is 3.08. The Kier molecular flexibility index (Phi) is 8.11. The van der Waals surface area contributed by atoms with Crippen LogP contribution in [-0.2, 0) is 26.7 Å². The standard InChI is InChI=1S/C26H28F3N5O5/c1-31(2)15-17-8-10-18(11-9-17)16-34-21-22(32(3)25(37)33(23(21)36)12-5-13-35)30-24(34)38-19-6-4-7-20(14-19)39-26(27,28)29/h4,6-11,14,35H,5,12-13,15-16H2,1-3H3. The highest BCUT2D eigenvalue weighted by Gasteiger charge is 2.31. The fourth-order valence-corrected chi connectivity index (χ4v) is 4.14. The molecule has 0 aliphatic carbocycles. The zero-order chi connectivity index (χ0) is 28.3. The number of nitrogens with zero attached hydrogens (tertiary/aromatic N) is 5. The molecule has 0 saturated heterocycles. The Hall–Kier alpha value is -4.10. The fraction of sp³-hybridized carbons (Fsp3) is 0.346. The van der Waals surface area contributed by atoms with Crippen molar-refractivity contribution in [2.75, 3.05) is 20.7 Å². The number of benzene rings is 2. The van der Waals surface area contributed by atoms with E-state index in [4.69, 9.17) is 4.74 Å². The second-order valence-electron chi connectivity index (χ2n) is 9.21. The van der Waals surface area contributed by atoms with Crippen LogP contribution in [0.3, 0.4) is 0 Å². The van der Waals surface area contributed by atoms with Crippen molar-refractivity contribution in [2.24, 2.45) is 7.05 Å². The molecule has 2 heterocycles. The number of rotatable bonds is 10. The van der Waals surface area contributed by atoms with E-state index in [0.29, 0.717) is 0 Å². The van der Waals surface area contributed by atoms with Gasteiger partial charge in [0.25, 0.3) is 5.56 Å². The highest BCUT2D eigenvalue weighted by molar-refractivity contribution is 5.72. The van der Waals surface area contributed by atoms with Crippen LogP contribution in [0, 0.1) is 0 Å². The summed E-state index contributed by atoms with van der Waals surface area (Å²) in [4.78, 5) is 32.8. The topological polar surface area (TPSA) is 104 Å². The van der Waals surface area contributed by atoms with Crippen LogP contribution < -0.4 is 20.7 Å². The Morgan fingerprint density at radius 2 is 1.67 bits per heavy atom. The fourth-order valence-electron chi connectivity index (χ4n) is 4.14. The average molecular weight is 548 g/mol. The highest BCUT2D eigenvalue weighted by atomic mass is 19.4. The molecule has 0 aliphatic rings. The van der Waals surface area contributed by atoms with Gasteiger partial charge in [-0.25, -0.2) is 4.79 Å². The van der Waals surface area contributed by atoms with Gasteiger partial charge in [0.15, 0.2) is 11.2 Å². The minimum Gasteiger partial charge on any atom is -0.425 e. The van der Waals surface area contributed by atoms with Crippen molar-refractivity contribution in [1.29, 1.82) is 0 Å². The Morgan fingerprint density at radius 3 is 2.31 bits per heavy atom. The van der Waals surface area contributed by atoms with Gasteiger partial charge in [-0.15, -0.1) is 13.2 Å². The average Bonchev–Trinajstić information content (AvgIpc) is 3.20. The van der Waals surface area contributed by atoms with Gasteiger partial charge in [-0.2, -0.15) is 4.98 Å². The van der Waals surface area contributed by atoms with E-state index < -0.39 is 23.4 Å². The molecule has 10 nitrogen and oxygen atoms in total. The minimum absolute atomic E-state index is 0.00459. The third kappa shape index (κ3) is 6.49. The molecule has 0 saturated carbocycles. The summed E-state index contributed by atoms with van der Waals surface area (Å²) in [7, 11) is 5.36. The van der Waals surface area contributed by atoms with Gasteiger partial charge in [0, 0.05) is 32.8 Å². The Morgan fingerprint density at radius 1 is 1.00 bits per heavy atom. The third-order valence-electron chi connectivity index (χ3n) is 5.85. The number of imidazole rings is 1. The van der Waals surface area contributed by atoms with Crippen LogP contribution in [0.25, 0.3) is 11.2 Å². The van der Waals surface area contributed by atoms with E-state index in [1.807, 2.05) is 43.3 Å². The lowest BCUT2D eigenvalue weighted by Gasteiger charge is -2.13. The van der Waals surface area contributed by atoms with Gasteiger partial charge in [0.05, 0.1) is 6.54 Å². The van der Waals surface area contributed by atoms with Crippen LogP contribution in [-0.4, -0.2) is 55.8 Å². The number of aliphatic hydroxyl groups is 1. The molecule has 0 amide bonds. The van der Waals surface area contributed by atoms with Gasteiger partial charge in [-0.05, 0) is 43.8 Å². The van der Waals surface area contributed by atoms with Gasteiger partial charge in [-0.1, -0.05) is 30.3 Å². The van der Waals surface area contributed by atoms with Gasteiger partial charge < -0.3 is 19.5 Å². The number of aryl methyl sites for hydroxylation is 1. The molecule has 2 aromatic heterocycles. The number of ether oxygens (including phenoxy) is 2. The van der Waals surface area contributed by atoms with E-state index in [-0.39, 0.29) is 49.0 Å². The summed E-state index contributed by atoms with van der Waals surface area (Å²) < 4.78 is 51.7. The first-order chi connectivity index (χ1) is 18.5. The van der Waals surface area contributed by atoms with E-state index in [2.05, 4.69) is 9.72 Å². The maximum absolute atomic E-state index is 13.5. The SMILES string of the molecule is CN(C)Cc1ccc(Cn2c(Oc3cccc(OC(F)(F)F)c3)nc3c2c(=O)n(CCCO)c(=O)n3C)cc1. The lowest BCUT2D eigenvalue weighted by Crippen LogP contribution is -2.39. The van der Waals surface area contributed by atoms with E-state index in [1.165, 1.54) is 28.3 Å². The van der Waals surface area contributed by atoms with E-state index in [0.717, 1.165) is 34.4 Å². The number of hydrogen-bond acceptors (Lipinski definition) is 7. The van der Waals surface area contributed by atoms with Crippen LogP contribution in [0.1, 0.15) is 17.5 Å². The van der Waals surface area contributed by atoms with E-state index in [1.54, 1.807) is 0 Å². The van der Waals surface area contributed by atoms with Crippen LogP contribution in [0.5, 0.6) is 17.5 Å². The number of aliphatic hydroxyl groups excluding tert-OH is 1. The zero-order valence-electron chi connectivity index (χ0n) is 21.6. The summed E-state index contributed by atoms with van der Waals surface area (Å²) in [6, 6.07) is 12.5. The number of fused-ring (bicyclic) bond motifs is 1. The molecule has 13 heteroatoms. The Labute approximate surface area is 221 Å². The molecule has 0 spiro atoms. The second kappa shape index (κ2) is 11.3. The lowest BCUT2D eigenvalue weighted by molar-refractivity contribution is -0.274. The molecular formula is C26H28F3N5O5. The first kappa shape index (κ1) is 27.9. The summed E-state index contributed by atoms with van der Waals surface area (Å²) in [5.41, 5.74) is 0.752. The van der Waals surface area contributed by atoms with Crippen molar-refractivity contribution < 1.29 is 27.8 Å². The summed E-state index contributed by atoms with van der Waals surface area (Å²) in [5.74, 6) is -0.502. The highest BCUT2D eigenvalue weighted by Crippen LogP contribution is 2.30. The minimum atomic E-state index is -4.89. The number of aromatic nitrogens is 4. The molecule has 2 aromatic carbocycles. The number of halogens is 3. The zero-order valence-corrected chi connectivity index (χ0v) is 21.6. The maximum atomic E-state index is 13.5. The van der Waals surface area contributed by atoms with Gasteiger partial charge in [0.2, 0.25) is 0 Å². The summed E-state index contributed by atoms with van der Waals surface area (Å²) in [6.45, 7) is 0.642. The van der Waals surface area contributed by atoms with Crippen molar-refractivity contribution in [3.8, 4) is 17.5 Å². The van der Waals surface area contributed by atoms with Crippen LogP contribution in [0.4, 0.5) is 13.2 Å². The van der Waals surface area contributed by atoms with Gasteiger partial charge in [0.1, 0.15) is 11.5 Å². The van der Waals surface area contributed by atoms with Crippen molar-refractivity contribution in [2.45, 2.75) is 32.4 Å². The summed E-state index contributed by atoms with van der Waals surface area (Å²) >= 11 is 0. The smallest absolute Gasteiger partial charge is 0.425 e. The largest absolute Gasteiger partial charge is 0.573 e. The maximum Gasteiger partial charge on any atom is 0.573 e. The van der Waals surface area contributed by atoms with E-state index in [9.17, 15) is 27.9 Å². The molecule has 4 aromatic rings. The quantitative estimate of drug-likeness (QED) is 0.326. The molecule has 0 aliphatic heterocycles. The normalized spacial score (nSPS) is 11.9. The van der Waals surface area contributed by atoms with Crippen molar-refractivity contribution in [3.05, 3.63) is 80.5 Å². The van der Waals surface area contributed by atoms with Crippen molar-refractivity contribution in [3.63, 3.8) is 0 Å². The van der Waals surface area contributed by atoms with Gasteiger partial charge in [-0.3, -0.25) is 18.5 Å². The molecule has 0 radical (unpaired) electrons. The molecule has 1 N–H and O–H groups in total. The molecule has 4 rings (SSSR count). The second-order valence-corrected chi connectivity index (χ2v) is 9.21. The van der Waals surface area contributed by atoms with Crippen molar-refractivity contribution >= 4 is 11.2 Å². The molecule has 39 heavy (non-hydrogen) atoms. The summed E-state index contributed by atoms with van der Waals surface area (Å²) in [6.07, 6.45) is -4.69. The Bertz CT molecular complexity index is 1570. The van der Waals surface area contributed by atoms with Crippen LogP contribution in [0.2, 0.25) is 0 Å². The molecule has 0 unspecified atom stereocenters. The molecule has 0 bridgehead atoms. The molecule has 0 atom stereocenters. The predicted molar refractivity (Wildman–Crippen MR) is 137 cm³/mol. The number of alkyl halides is 3. The molecule has 0 fully saturated rings. The first-order valence-corrected chi connectivity index (χ1v) is 12.0. The van der Waals surface area contributed by atoms with Gasteiger partial charge >= 0.3 is 18.1 Å². The number of hydrogen-bond donors (Lipinski definition) is 1. The lowest BCUT2D eigenvalue weighted by atomic mass is 10.1. The first-order valence-electron chi connectivity index (χ1n) is 12.0. The van der Waals surface area contributed by atoms with Crippen LogP contribution >= 0.6 is 0 Å². The Balaban J connectivity index is 1.83. The molecular weight excluding hydrogens is 519 g/mol. The third-order valence-corrected chi connectivity index (χ3v) is 5.85. The monoisotopic (exact) mass is 547 g/mol. The van der Waals surface area contributed by atoms with E-state index >= 15 is 0 Å². The van der Waals surface area contributed by atoms with Crippen LogP contribution in [0.15, 0.2) is 58.1 Å². The van der Waals surface area contributed by atoms with Crippen molar-refractivity contribution in [1.82, 2.24) is 23.6 Å².